The van der Waals surface area contributed by atoms with Gasteiger partial charge in [0.15, 0.2) is 0 Å². The second-order valence-electron chi connectivity index (χ2n) is 3.51. The van der Waals surface area contributed by atoms with Gasteiger partial charge in [-0.15, -0.1) is 0 Å². The van der Waals surface area contributed by atoms with E-state index in [1.165, 1.54) is 0 Å². The van der Waals surface area contributed by atoms with E-state index in [4.69, 9.17) is 4.74 Å². The van der Waals surface area contributed by atoms with Crippen LogP contribution in [0.1, 0.15) is 10.5 Å². The zero-order valence-corrected chi connectivity index (χ0v) is 10.5. The first-order valence-electron chi connectivity index (χ1n) is 4.99. The van der Waals surface area contributed by atoms with E-state index in [2.05, 4.69) is 26.5 Å². The van der Waals surface area contributed by atoms with Gasteiger partial charge in [0.05, 0.1) is 23.9 Å². The lowest BCUT2D eigenvalue weighted by atomic mass is 10.4. The molecule has 1 saturated heterocycles. The molecule has 1 aliphatic rings. The zero-order valence-electron chi connectivity index (χ0n) is 8.94. The Morgan fingerprint density at radius 2 is 2.25 bits per heavy atom. The topological polar surface area (TPSA) is 59.4 Å². The first-order chi connectivity index (χ1) is 7.68. The molecular formula is C9H13BrN4O2. The van der Waals surface area contributed by atoms with E-state index >= 15 is 0 Å². The van der Waals surface area contributed by atoms with Gasteiger partial charge in [-0.2, -0.15) is 5.10 Å². The number of nitrogens with zero attached hydrogens (tertiary/aromatic N) is 3. The molecule has 0 saturated carbocycles. The molecule has 1 N–H and O–H groups in total. The molecule has 0 aliphatic carbocycles. The number of aryl methyl sites for hydroxylation is 1. The number of rotatable bonds is 2. The minimum Gasteiger partial charge on any atom is -0.379 e. The average molecular weight is 289 g/mol. The summed E-state index contributed by atoms with van der Waals surface area (Å²) in [4.78, 5) is 11.9. The Labute approximate surface area is 102 Å². The molecule has 6 nitrogen and oxygen atoms in total. The Kier molecular flexibility index (Phi) is 3.57. The molecule has 1 aliphatic heterocycles. The monoisotopic (exact) mass is 288 g/mol. The molecule has 16 heavy (non-hydrogen) atoms. The largest absolute Gasteiger partial charge is 0.379 e. The van der Waals surface area contributed by atoms with Crippen LogP contribution in [0.15, 0.2) is 10.7 Å². The lowest BCUT2D eigenvalue weighted by Gasteiger charge is -2.26. The van der Waals surface area contributed by atoms with Gasteiger partial charge in [-0.05, 0) is 15.9 Å². The maximum Gasteiger partial charge on any atom is 0.284 e. The summed E-state index contributed by atoms with van der Waals surface area (Å²) in [6, 6.07) is 0. The van der Waals surface area contributed by atoms with Crippen molar-refractivity contribution in [3.8, 4) is 0 Å². The highest BCUT2D eigenvalue weighted by Gasteiger charge is 2.19. The van der Waals surface area contributed by atoms with Crippen LogP contribution in [0.2, 0.25) is 0 Å². The summed E-state index contributed by atoms with van der Waals surface area (Å²) >= 11 is 3.30. The second-order valence-corrected chi connectivity index (χ2v) is 4.36. The van der Waals surface area contributed by atoms with Crippen molar-refractivity contribution in [2.24, 2.45) is 7.05 Å². The number of hydrazine groups is 1. The Morgan fingerprint density at radius 1 is 1.56 bits per heavy atom. The van der Waals surface area contributed by atoms with Crippen LogP contribution in [0.25, 0.3) is 0 Å². The number of morpholine rings is 1. The van der Waals surface area contributed by atoms with Gasteiger partial charge in [-0.1, -0.05) is 0 Å². The Bertz CT molecular complexity index is 367. The molecule has 2 rings (SSSR count). The van der Waals surface area contributed by atoms with E-state index in [1.807, 2.05) is 5.01 Å². The minimum absolute atomic E-state index is 0.159. The minimum atomic E-state index is -0.159. The van der Waals surface area contributed by atoms with Crippen LogP contribution in [0, 0.1) is 0 Å². The lowest BCUT2D eigenvalue weighted by Crippen LogP contribution is -2.48. The third-order valence-corrected chi connectivity index (χ3v) is 2.96. The number of amides is 1. The van der Waals surface area contributed by atoms with Crippen molar-refractivity contribution < 1.29 is 9.53 Å². The van der Waals surface area contributed by atoms with Gasteiger partial charge >= 0.3 is 0 Å². The molecule has 0 bridgehead atoms. The smallest absolute Gasteiger partial charge is 0.284 e. The van der Waals surface area contributed by atoms with Crippen molar-refractivity contribution >= 4 is 21.8 Å². The predicted octanol–water partition coefficient (Wildman–Crippen LogP) is 0.160. The standard InChI is InChI=1S/C9H13BrN4O2/c1-13-8(7(10)6-11-13)9(15)12-14-2-4-16-5-3-14/h6H,2-5H2,1H3,(H,12,15). The van der Waals surface area contributed by atoms with Crippen molar-refractivity contribution in [3.63, 3.8) is 0 Å². The van der Waals surface area contributed by atoms with Gasteiger partial charge < -0.3 is 4.74 Å². The number of halogens is 1. The fraction of sp³-hybridized carbons (Fsp3) is 0.556. The normalized spacial score (nSPS) is 17.4. The summed E-state index contributed by atoms with van der Waals surface area (Å²) in [7, 11) is 1.74. The van der Waals surface area contributed by atoms with Crippen LogP contribution in [-0.2, 0) is 11.8 Å². The molecule has 0 radical (unpaired) electrons. The molecule has 0 spiro atoms. The third-order valence-electron chi connectivity index (χ3n) is 2.38. The molecular weight excluding hydrogens is 276 g/mol. The zero-order chi connectivity index (χ0) is 11.5. The summed E-state index contributed by atoms with van der Waals surface area (Å²) in [5, 5.41) is 5.85. The number of ether oxygens (including phenoxy) is 1. The van der Waals surface area contributed by atoms with Gasteiger partial charge in [-0.25, -0.2) is 5.01 Å². The second kappa shape index (κ2) is 4.94. The van der Waals surface area contributed by atoms with Crippen molar-refractivity contribution in [2.75, 3.05) is 26.3 Å². The Balaban J connectivity index is 2.02. The molecule has 0 unspecified atom stereocenters. The maximum absolute atomic E-state index is 11.9. The molecule has 1 fully saturated rings. The summed E-state index contributed by atoms with van der Waals surface area (Å²) in [5.74, 6) is -0.159. The highest BCUT2D eigenvalue weighted by Crippen LogP contribution is 2.14. The third kappa shape index (κ3) is 2.42. The fourth-order valence-electron chi connectivity index (χ4n) is 1.54. The first-order valence-corrected chi connectivity index (χ1v) is 5.79. The molecule has 0 aromatic carbocycles. The van der Waals surface area contributed by atoms with Gasteiger partial charge in [0.25, 0.3) is 5.91 Å². The van der Waals surface area contributed by atoms with Gasteiger partial charge in [0.2, 0.25) is 0 Å². The molecule has 2 heterocycles. The van der Waals surface area contributed by atoms with Crippen molar-refractivity contribution in [1.29, 1.82) is 0 Å². The summed E-state index contributed by atoms with van der Waals surface area (Å²) in [5.41, 5.74) is 3.35. The van der Waals surface area contributed by atoms with Crippen LogP contribution in [-0.4, -0.2) is 47.0 Å². The van der Waals surface area contributed by atoms with Crippen molar-refractivity contribution in [2.45, 2.75) is 0 Å². The van der Waals surface area contributed by atoms with E-state index in [0.717, 1.165) is 0 Å². The summed E-state index contributed by atoms with van der Waals surface area (Å²) in [6.45, 7) is 2.71. The summed E-state index contributed by atoms with van der Waals surface area (Å²) in [6.07, 6.45) is 1.61. The van der Waals surface area contributed by atoms with Gasteiger partial charge in [0.1, 0.15) is 5.69 Å². The molecule has 1 amide bonds. The maximum atomic E-state index is 11.9. The van der Waals surface area contributed by atoms with Crippen molar-refractivity contribution in [1.82, 2.24) is 20.2 Å². The molecule has 1 aromatic rings. The van der Waals surface area contributed by atoms with Gasteiger partial charge in [-0.3, -0.25) is 14.9 Å². The van der Waals surface area contributed by atoms with Gasteiger partial charge in [0, 0.05) is 20.1 Å². The average Bonchev–Trinajstić information content (AvgIpc) is 2.60. The number of hydrogen-bond donors (Lipinski definition) is 1. The van der Waals surface area contributed by atoms with E-state index in [1.54, 1.807) is 17.9 Å². The van der Waals surface area contributed by atoms with E-state index in [-0.39, 0.29) is 5.91 Å². The molecule has 7 heteroatoms. The first kappa shape index (κ1) is 11.6. The highest BCUT2D eigenvalue weighted by atomic mass is 79.9. The van der Waals surface area contributed by atoms with E-state index in [9.17, 15) is 4.79 Å². The summed E-state index contributed by atoms with van der Waals surface area (Å²) < 4.78 is 7.44. The Hall–Kier alpha value is -0.920. The number of nitrogens with one attached hydrogen (secondary N) is 1. The number of carbonyl (C=O) groups is 1. The number of hydrogen-bond acceptors (Lipinski definition) is 4. The van der Waals surface area contributed by atoms with E-state index < -0.39 is 0 Å². The molecule has 0 atom stereocenters. The number of aromatic nitrogens is 2. The van der Waals surface area contributed by atoms with Crippen LogP contribution in [0.4, 0.5) is 0 Å². The van der Waals surface area contributed by atoms with Crippen LogP contribution in [0.5, 0.6) is 0 Å². The SMILES string of the molecule is Cn1ncc(Br)c1C(=O)NN1CCOCC1. The van der Waals surface area contributed by atoms with Crippen LogP contribution in [0.3, 0.4) is 0 Å². The predicted molar refractivity (Wildman–Crippen MR) is 60.8 cm³/mol. The lowest BCUT2D eigenvalue weighted by molar-refractivity contribution is 0.0123. The molecule has 88 valence electrons. The van der Waals surface area contributed by atoms with Crippen LogP contribution >= 0.6 is 15.9 Å². The highest BCUT2D eigenvalue weighted by molar-refractivity contribution is 9.10. The van der Waals surface area contributed by atoms with Crippen LogP contribution < -0.4 is 5.43 Å². The number of carbonyl (C=O) groups excluding carboxylic acids is 1. The Morgan fingerprint density at radius 3 is 2.81 bits per heavy atom. The van der Waals surface area contributed by atoms with Crippen molar-refractivity contribution in [3.05, 3.63) is 16.4 Å². The molecule has 1 aromatic heterocycles. The quantitative estimate of drug-likeness (QED) is 0.842. The fourth-order valence-corrected chi connectivity index (χ4v) is 2.07. The van der Waals surface area contributed by atoms with E-state index in [0.29, 0.717) is 36.5 Å².